The summed E-state index contributed by atoms with van der Waals surface area (Å²) < 4.78 is 11.8. The van der Waals surface area contributed by atoms with Crippen molar-refractivity contribution in [1.29, 1.82) is 0 Å². The summed E-state index contributed by atoms with van der Waals surface area (Å²) in [6, 6.07) is 13.6. The third-order valence-electron chi connectivity index (χ3n) is 3.92. The van der Waals surface area contributed by atoms with E-state index in [-0.39, 0.29) is 30.9 Å². The van der Waals surface area contributed by atoms with Crippen LogP contribution in [0.5, 0.6) is 11.5 Å². The molecule has 3 N–H and O–H groups in total. The van der Waals surface area contributed by atoms with Crippen LogP contribution in [0.3, 0.4) is 0 Å². The van der Waals surface area contributed by atoms with Crippen LogP contribution in [0.4, 0.5) is 0 Å². The molecule has 0 amide bonds. The Morgan fingerprint density at radius 1 is 0.966 bits per heavy atom. The summed E-state index contributed by atoms with van der Waals surface area (Å²) in [5.41, 5.74) is 1.97. The number of para-hydroxylation sites is 1. The van der Waals surface area contributed by atoms with Gasteiger partial charge < -0.3 is 25.2 Å². The highest BCUT2D eigenvalue weighted by atomic mass is 35.5. The largest absolute Gasteiger partial charge is 0.490 e. The van der Waals surface area contributed by atoms with Crippen molar-refractivity contribution in [2.45, 2.75) is 33.1 Å². The Labute approximate surface area is 191 Å². The van der Waals surface area contributed by atoms with Gasteiger partial charge in [0.2, 0.25) is 0 Å². The molecule has 0 saturated carbocycles. The van der Waals surface area contributed by atoms with Crippen LogP contribution in [0.2, 0.25) is 5.02 Å². The molecular formula is C21H31Cl3N2O3. The Bertz CT molecular complexity index is 703. The maximum atomic E-state index is 9.25. The average molecular weight is 466 g/mol. The highest BCUT2D eigenvalue weighted by molar-refractivity contribution is 6.31. The molecule has 2 aromatic carbocycles. The minimum atomic E-state index is -0.335. The van der Waals surface area contributed by atoms with E-state index in [0.717, 1.165) is 35.7 Å². The average Bonchev–Trinajstić information content (AvgIpc) is 2.65. The maximum Gasteiger partial charge on any atom is 0.166 e. The zero-order valence-electron chi connectivity index (χ0n) is 16.8. The second kappa shape index (κ2) is 15.6. The predicted octanol–water partition coefficient (Wildman–Crippen LogP) is 4.22. The summed E-state index contributed by atoms with van der Waals surface area (Å²) >= 11 is 6.24. The highest BCUT2D eigenvalue weighted by Gasteiger charge is 2.12. The molecule has 1 unspecified atom stereocenters. The fourth-order valence-electron chi connectivity index (χ4n) is 2.61. The first kappa shape index (κ1) is 27.8. The molecule has 1 atom stereocenters. The maximum absolute atomic E-state index is 9.25. The minimum Gasteiger partial charge on any atom is -0.490 e. The molecule has 0 spiro atoms. The molecule has 0 aliphatic carbocycles. The van der Waals surface area contributed by atoms with E-state index >= 15 is 0 Å². The zero-order valence-corrected chi connectivity index (χ0v) is 19.2. The van der Waals surface area contributed by atoms with Crippen molar-refractivity contribution in [3.63, 3.8) is 0 Å². The van der Waals surface area contributed by atoms with Gasteiger partial charge in [-0.1, -0.05) is 41.9 Å². The number of hydrogen-bond donors (Lipinski definition) is 3. The lowest BCUT2D eigenvalue weighted by Crippen LogP contribution is -2.31. The molecule has 29 heavy (non-hydrogen) atoms. The molecule has 8 heteroatoms. The van der Waals surface area contributed by atoms with Crippen LogP contribution in [-0.4, -0.2) is 37.5 Å². The van der Waals surface area contributed by atoms with Gasteiger partial charge in [0.1, 0.15) is 6.61 Å². The van der Waals surface area contributed by atoms with E-state index in [1.165, 1.54) is 0 Å². The number of benzene rings is 2. The SMILES string of the molecule is CCOc1cccc(CNCCNCC(C)O)c1OCc1ccccc1Cl.Cl.Cl. The van der Waals surface area contributed by atoms with Gasteiger partial charge in [0.15, 0.2) is 11.5 Å². The Morgan fingerprint density at radius 2 is 1.66 bits per heavy atom. The van der Waals surface area contributed by atoms with Crippen molar-refractivity contribution in [1.82, 2.24) is 10.6 Å². The van der Waals surface area contributed by atoms with E-state index in [4.69, 9.17) is 21.1 Å². The van der Waals surface area contributed by atoms with Gasteiger partial charge in [0.25, 0.3) is 0 Å². The topological polar surface area (TPSA) is 62.8 Å². The highest BCUT2D eigenvalue weighted by Crippen LogP contribution is 2.32. The van der Waals surface area contributed by atoms with Crippen molar-refractivity contribution in [3.05, 3.63) is 58.6 Å². The number of halogens is 3. The summed E-state index contributed by atoms with van der Waals surface area (Å²) in [5.74, 6) is 1.47. The van der Waals surface area contributed by atoms with E-state index in [9.17, 15) is 5.11 Å². The molecule has 0 bridgehead atoms. The molecule has 5 nitrogen and oxygen atoms in total. The summed E-state index contributed by atoms with van der Waals surface area (Å²) in [6.45, 7) is 7.50. The Kier molecular flexibility index (Phi) is 15.0. The van der Waals surface area contributed by atoms with Gasteiger partial charge in [0.05, 0.1) is 12.7 Å². The third kappa shape index (κ3) is 9.90. The lowest BCUT2D eigenvalue weighted by atomic mass is 10.1. The van der Waals surface area contributed by atoms with Crippen LogP contribution in [0, 0.1) is 0 Å². The molecular weight excluding hydrogens is 435 g/mol. The van der Waals surface area contributed by atoms with Crippen LogP contribution in [0.25, 0.3) is 0 Å². The first-order valence-corrected chi connectivity index (χ1v) is 9.70. The number of hydrogen-bond acceptors (Lipinski definition) is 5. The van der Waals surface area contributed by atoms with E-state index in [0.29, 0.717) is 31.3 Å². The van der Waals surface area contributed by atoms with E-state index in [1.54, 1.807) is 6.92 Å². The predicted molar refractivity (Wildman–Crippen MR) is 124 cm³/mol. The molecule has 0 aromatic heterocycles. The number of aliphatic hydroxyl groups is 1. The van der Waals surface area contributed by atoms with Gasteiger partial charge in [-0.3, -0.25) is 0 Å². The van der Waals surface area contributed by atoms with Crippen molar-refractivity contribution in [2.75, 3.05) is 26.2 Å². The smallest absolute Gasteiger partial charge is 0.166 e. The van der Waals surface area contributed by atoms with Crippen LogP contribution in [0.15, 0.2) is 42.5 Å². The van der Waals surface area contributed by atoms with Crippen LogP contribution in [-0.2, 0) is 13.2 Å². The quantitative estimate of drug-likeness (QED) is 0.410. The number of ether oxygens (including phenoxy) is 2. The molecule has 0 saturated heterocycles. The van der Waals surface area contributed by atoms with E-state index in [1.807, 2.05) is 49.4 Å². The van der Waals surface area contributed by atoms with Gasteiger partial charge in [-0.05, 0) is 26.0 Å². The fraction of sp³-hybridized carbons (Fsp3) is 0.429. The minimum absolute atomic E-state index is 0. The first-order chi connectivity index (χ1) is 13.1. The lowest BCUT2D eigenvalue weighted by molar-refractivity contribution is 0.191. The standard InChI is InChI=1S/C21H29ClN2O3.2ClH/c1-3-26-20-10-6-8-17(14-24-12-11-23-13-16(2)25)21(20)27-15-18-7-4-5-9-19(18)22;;/h4-10,16,23-25H,3,11-15H2,1-2H3;2*1H. The molecule has 164 valence electrons. The van der Waals surface area contributed by atoms with E-state index < -0.39 is 0 Å². The molecule has 0 fully saturated rings. The van der Waals surface area contributed by atoms with E-state index in [2.05, 4.69) is 10.6 Å². The fourth-order valence-corrected chi connectivity index (χ4v) is 2.80. The second-order valence-electron chi connectivity index (χ2n) is 6.29. The van der Waals surface area contributed by atoms with Crippen molar-refractivity contribution < 1.29 is 14.6 Å². The third-order valence-corrected chi connectivity index (χ3v) is 4.29. The molecule has 0 radical (unpaired) electrons. The summed E-state index contributed by atoms with van der Waals surface area (Å²) in [5, 5.41) is 16.5. The Morgan fingerprint density at radius 3 is 2.34 bits per heavy atom. The first-order valence-electron chi connectivity index (χ1n) is 9.32. The molecule has 0 aliphatic heterocycles. The van der Waals surface area contributed by atoms with Crippen molar-refractivity contribution >= 4 is 36.4 Å². The lowest BCUT2D eigenvalue weighted by Gasteiger charge is -2.17. The summed E-state index contributed by atoms with van der Waals surface area (Å²) in [6.07, 6.45) is -0.335. The molecule has 0 aliphatic rings. The monoisotopic (exact) mass is 464 g/mol. The molecule has 0 heterocycles. The Balaban J connectivity index is 0.00000392. The molecule has 2 aromatic rings. The number of nitrogens with one attached hydrogen (secondary N) is 2. The Hall–Kier alpha value is -1.21. The van der Waals surface area contributed by atoms with Crippen LogP contribution >= 0.6 is 36.4 Å². The second-order valence-corrected chi connectivity index (χ2v) is 6.69. The zero-order chi connectivity index (χ0) is 19.5. The normalized spacial score (nSPS) is 11.2. The molecule has 2 rings (SSSR count). The van der Waals surface area contributed by atoms with Gasteiger partial charge in [-0.2, -0.15) is 0 Å². The number of rotatable bonds is 12. The van der Waals surface area contributed by atoms with Gasteiger partial charge >= 0.3 is 0 Å². The van der Waals surface area contributed by atoms with Gasteiger partial charge in [-0.25, -0.2) is 0 Å². The van der Waals surface area contributed by atoms with Crippen LogP contribution in [0.1, 0.15) is 25.0 Å². The van der Waals surface area contributed by atoms with Gasteiger partial charge in [-0.15, -0.1) is 24.8 Å². The van der Waals surface area contributed by atoms with Crippen LogP contribution < -0.4 is 20.1 Å². The van der Waals surface area contributed by atoms with Crippen molar-refractivity contribution in [2.24, 2.45) is 0 Å². The number of aliphatic hydroxyl groups excluding tert-OH is 1. The van der Waals surface area contributed by atoms with Crippen molar-refractivity contribution in [3.8, 4) is 11.5 Å². The summed E-state index contributed by atoms with van der Waals surface area (Å²) in [4.78, 5) is 0. The summed E-state index contributed by atoms with van der Waals surface area (Å²) in [7, 11) is 0. The van der Waals surface area contributed by atoms with Gasteiger partial charge in [0, 0.05) is 42.3 Å².